The summed E-state index contributed by atoms with van der Waals surface area (Å²) < 4.78 is 51.0. The molecule has 0 aromatic carbocycles. The number of alkyl halides is 4. The third-order valence-electron chi connectivity index (χ3n) is 2.26. The number of aromatic nitrogens is 3. The quantitative estimate of drug-likeness (QED) is 0.693. The maximum atomic E-state index is 13.0. The van der Waals surface area contributed by atoms with Crippen molar-refractivity contribution in [2.45, 2.75) is 18.9 Å². The van der Waals surface area contributed by atoms with E-state index in [1.54, 1.807) is 0 Å². The van der Waals surface area contributed by atoms with Gasteiger partial charge in [0.05, 0.1) is 17.1 Å². The smallest absolute Gasteiger partial charge is 0.325 e. The van der Waals surface area contributed by atoms with Crippen molar-refractivity contribution in [3.63, 3.8) is 0 Å². The predicted octanol–water partition coefficient (Wildman–Crippen LogP) is 3.65. The lowest BCUT2D eigenvalue weighted by Gasteiger charge is -2.15. The van der Waals surface area contributed by atoms with Gasteiger partial charge in [-0.3, -0.25) is 4.57 Å². The molecular formula is C9H6ClF4N3S. The van der Waals surface area contributed by atoms with Crippen LogP contribution in [0.3, 0.4) is 0 Å². The van der Waals surface area contributed by atoms with Crippen molar-refractivity contribution in [1.82, 2.24) is 14.5 Å². The fraction of sp³-hybridized carbons (Fsp3) is 0.333. The Morgan fingerprint density at radius 2 is 2.17 bits per heavy atom. The SMILES string of the molecule is FC(F)C(F)(F)Cn1c(=S)[nH]c2cc(Cl)cnc21. The molecule has 2 rings (SSSR count). The lowest BCUT2D eigenvalue weighted by molar-refractivity contribution is -0.137. The van der Waals surface area contributed by atoms with Crippen molar-refractivity contribution < 1.29 is 17.6 Å². The number of rotatable bonds is 3. The van der Waals surface area contributed by atoms with E-state index >= 15 is 0 Å². The van der Waals surface area contributed by atoms with Gasteiger partial charge in [-0.25, -0.2) is 13.8 Å². The zero-order valence-electron chi connectivity index (χ0n) is 8.63. The van der Waals surface area contributed by atoms with Crippen molar-refractivity contribution in [2.75, 3.05) is 0 Å². The van der Waals surface area contributed by atoms with Gasteiger partial charge in [0.1, 0.15) is 0 Å². The molecule has 18 heavy (non-hydrogen) atoms. The van der Waals surface area contributed by atoms with E-state index in [4.69, 9.17) is 23.8 Å². The lowest BCUT2D eigenvalue weighted by atomic mass is 10.3. The van der Waals surface area contributed by atoms with E-state index in [0.717, 1.165) is 4.57 Å². The van der Waals surface area contributed by atoms with Crippen LogP contribution in [0.1, 0.15) is 0 Å². The van der Waals surface area contributed by atoms with Crippen LogP contribution in [0.5, 0.6) is 0 Å². The van der Waals surface area contributed by atoms with Crippen LogP contribution in [0.2, 0.25) is 5.02 Å². The van der Waals surface area contributed by atoms with Gasteiger partial charge in [-0.05, 0) is 18.3 Å². The minimum Gasteiger partial charge on any atom is -0.329 e. The third-order valence-corrected chi connectivity index (χ3v) is 2.79. The van der Waals surface area contributed by atoms with Gasteiger partial charge >= 0.3 is 12.3 Å². The average Bonchev–Trinajstić information content (AvgIpc) is 2.54. The van der Waals surface area contributed by atoms with E-state index in [1.165, 1.54) is 12.3 Å². The number of nitrogens with zero attached hydrogens (tertiary/aromatic N) is 2. The number of fused-ring (bicyclic) bond motifs is 1. The summed E-state index contributed by atoms with van der Waals surface area (Å²) in [7, 11) is 0. The molecule has 0 saturated carbocycles. The van der Waals surface area contributed by atoms with Gasteiger partial charge in [-0.2, -0.15) is 8.78 Å². The highest BCUT2D eigenvalue weighted by atomic mass is 35.5. The first-order valence-electron chi connectivity index (χ1n) is 4.71. The number of nitrogens with one attached hydrogen (secondary N) is 1. The van der Waals surface area contributed by atoms with Crippen LogP contribution in [0.25, 0.3) is 11.2 Å². The number of H-pyrrole nitrogens is 1. The van der Waals surface area contributed by atoms with Crippen LogP contribution >= 0.6 is 23.8 Å². The molecule has 0 saturated heterocycles. The normalized spacial score (nSPS) is 12.6. The fourth-order valence-corrected chi connectivity index (χ4v) is 1.86. The summed E-state index contributed by atoms with van der Waals surface area (Å²) in [5, 5.41) is 0.284. The standard InChI is InChI=1S/C9H6ClF4N3S/c10-4-1-5-6(15-2-4)17(8(18)16-5)3-9(13,14)7(11)12/h1-2,7H,3H2,(H,16,18). The monoisotopic (exact) mass is 299 g/mol. The molecule has 0 bridgehead atoms. The third kappa shape index (κ3) is 2.35. The summed E-state index contributed by atoms with van der Waals surface area (Å²) in [6, 6.07) is 1.43. The Labute approximate surface area is 108 Å². The van der Waals surface area contributed by atoms with E-state index < -0.39 is 18.9 Å². The second-order valence-corrected chi connectivity index (χ2v) is 4.43. The van der Waals surface area contributed by atoms with Crippen LogP contribution in [0.15, 0.2) is 12.3 Å². The minimum absolute atomic E-state index is 0.0599. The second kappa shape index (κ2) is 4.51. The highest BCUT2D eigenvalue weighted by Gasteiger charge is 2.41. The number of halogens is 5. The molecule has 98 valence electrons. The first kappa shape index (κ1) is 13.3. The molecule has 2 aromatic rings. The molecule has 0 fully saturated rings. The molecule has 1 N–H and O–H groups in total. The van der Waals surface area contributed by atoms with Crippen molar-refractivity contribution in [3.8, 4) is 0 Å². The zero-order chi connectivity index (χ0) is 13.5. The molecule has 2 heterocycles. The van der Waals surface area contributed by atoms with Crippen molar-refractivity contribution >= 4 is 35.0 Å². The fourth-order valence-electron chi connectivity index (χ4n) is 1.44. The predicted molar refractivity (Wildman–Crippen MR) is 60.9 cm³/mol. The topological polar surface area (TPSA) is 33.6 Å². The van der Waals surface area contributed by atoms with E-state index in [1.807, 2.05) is 0 Å². The molecule has 0 aliphatic carbocycles. The van der Waals surface area contributed by atoms with E-state index in [-0.39, 0.29) is 15.4 Å². The first-order valence-corrected chi connectivity index (χ1v) is 5.50. The van der Waals surface area contributed by atoms with Crippen LogP contribution < -0.4 is 0 Å². The van der Waals surface area contributed by atoms with E-state index in [0.29, 0.717) is 5.52 Å². The molecule has 0 aliphatic rings. The summed E-state index contributed by atoms with van der Waals surface area (Å²) in [4.78, 5) is 6.38. The molecule has 3 nitrogen and oxygen atoms in total. The highest BCUT2D eigenvalue weighted by molar-refractivity contribution is 7.71. The number of hydrogen-bond acceptors (Lipinski definition) is 2. The van der Waals surface area contributed by atoms with Gasteiger partial charge in [0, 0.05) is 6.20 Å². The molecule has 2 aromatic heterocycles. The summed E-state index contributed by atoms with van der Waals surface area (Å²) in [5.41, 5.74) is 0.377. The molecule has 0 spiro atoms. The Morgan fingerprint density at radius 3 is 2.78 bits per heavy atom. The number of aromatic amines is 1. The molecular weight excluding hydrogens is 294 g/mol. The van der Waals surface area contributed by atoms with E-state index in [9.17, 15) is 17.6 Å². The van der Waals surface area contributed by atoms with Crippen molar-refractivity contribution in [2.24, 2.45) is 0 Å². The maximum absolute atomic E-state index is 13.0. The molecule has 0 unspecified atom stereocenters. The number of pyridine rings is 1. The van der Waals surface area contributed by atoms with Gasteiger partial charge in [-0.15, -0.1) is 0 Å². The summed E-state index contributed by atoms with van der Waals surface area (Å²) in [5.74, 6) is -4.17. The maximum Gasteiger partial charge on any atom is 0.325 e. The van der Waals surface area contributed by atoms with Gasteiger partial charge < -0.3 is 4.98 Å². The van der Waals surface area contributed by atoms with E-state index in [2.05, 4.69) is 9.97 Å². The lowest BCUT2D eigenvalue weighted by Crippen LogP contribution is -2.32. The van der Waals surface area contributed by atoms with Crippen molar-refractivity contribution in [3.05, 3.63) is 22.1 Å². The van der Waals surface area contributed by atoms with Crippen LogP contribution in [0.4, 0.5) is 17.6 Å². The van der Waals surface area contributed by atoms with Crippen LogP contribution in [-0.4, -0.2) is 26.9 Å². The Bertz CT molecular complexity index is 636. The Morgan fingerprint density at radius 1 is 1.50 bits per heavy atom. The first-order chi connectivity index (χ1) is 8.31. The minimum atomic E-state index is -4.17. The van der Waals surface area contributed by atoms with Crippen LogP contribution in [-0.2, 0) is 6.54 Å². The molecule has 0 radical (unpaired) electrons. The second-order valence-electron chi connectivity index (χ2n) is 3.60. The number of imidazole rings is 1. The van der Waals surface area contributed by atoms with Gasteiger partial charge in [0.25, 0.3) is 0 Å². The zero-order valence-corrected chi connectivity index (χ0v) is 10.2. The number of hydrogen-bond donors (Lipinski definition) is 1. The largest absolute Gasteiger partial charge is 0.329 e. The average molecular weight is 300 g/mol. The van der Waals surface area contributed by atoms with Gasteiger partial charge in [0.15, 0.2) is 10.4 Å². The Kier molecular flexibility index (Phi) is 3.33. The molecule has 0 amide bonds. The van der Waals surface area contributed by atoms with Gasteiger partial charge in [0.2, 0.25) is 0 Å². The van der Waals surface area contributed by atoms with Crippen LogP contribution in [0, 0.1) is 4.77 Å². The highest BCUT2D eigenvalue weighted by Crippen LogP contribution is 2.27. The summed E-state index contributed by atoms with van der Waals surface area (Å²) in [6.07, 6.45) is -2.54. The summed E-state index contributed by atoms with van der Waals surface area (Å²) in [6.45, 7) is -1.24. The molecule has 0 atom stereocenters. The van der Waals surface area contributed by atoms with Crippen molar-refractivity contribution in [1.29, 1.82) is 0 Å². The van der Waals surface area contributed by atoms with Gasteiger partial charge in [-0.1, -0.05) is 11.6 Å². The molecule has 9 heteroatoms. The summed E-state index contributed by atoms with van der Waals surface area (Å²) >= 11 is 10.5. The Hall–Kier alpha value is -1.15. The molecule has 0 aliphatic heterocycles. The Balaban J connectivity index is 2.52.